The number of hydrogen-bond acceptors (Lipinski definition) is 3. The molecule has 3 nitrogen and oxygen atoms in total. The summed E-state index contributed by atoms with van der Waals surface area (Å²) in [5.74, 6) is -0.0817. The standard InChI is InChI=1S/C14H11Cl2NO2S/c15-11-6-9(7-12(16)14(11)19)17-13(18)8-20-10-4-2-1-3-5-10/h1-7,19H,8H2,(H,17,18). The molecule has 20 heavy (non-hydrogen) atoms. The minimum atomic E-state index is -0.190. The third kappa shape index (κ3) is 4.07. The molecule has 6 heteroatoms. The van der Waals surface area contributed by atoms with Gasteiger partial charge in [-0.05, 0) is 24.3 Å². The number of rotatable bonds is 4. The largest absolute Gasteiger partial charge is 0.505 e. The number of benzene rings is 2. The van der Waals surface area contributed by atoms with Gasteiger partial charge < -0.3 is 10.4 Å². The van der Waals surface area contributed by atoms with E-state index >= 15 is 0 Å². The molecule has 2 rings (SSSR count). The van der Waals surface area contributed by atoms with Crippen molar-refractivity contribution >= 4 is 46.6 Å². The molecule has 1 amide bonds. The fourth-order valence-corrected chi connectivity index (χ4v) is 2.71. The molecule has 0 bridgehead atoms. The second-order valence-electron chi connectivity index (χ2n) is 3.94. The first-order chi connectivity index (χ1) is 9.56. The van der Waals surface area contributed by atoms with Crippen molar-refractivity contribution in [3.63, 3.8) is 0 Å². The van der Waals surface area contributed by atoms with Crippen LogP contribution in [0.3, 0.4) is 0 Å². The number of aromatic hydroxyl groups is 1. The molecule has 2 aromatic carbocycles. The Labute approximate surface area is 130 Å². The third-order valence-electron chi connectivity index (χ3n) is 2.41. The highest BCUT2D eigenvalue weighted by molar-refractivity contribution is 8.00. The molecule has 0 saturated heterocycles. The van der Waals surface area contributed by atoms with Crippen molar-refractivity contribution < 1.29 is 9.90 Å². The first kappa shape index (κ1) is 15.0. The van der Waals surface area contributed by atoms with Crippen molar-refractivity contribution in [2.24, 2.45) is 0 Å². The predicted molar refractivity (Wildman–Crippen MR) is 83.9 cm³/mol. The fraction of sp³-hybridized carbons (Fsp3) is 0.0714. The van der Waals surface area contributed by atoms with E-state index in [4.69, 9.17) is 23.2 Å². The average molecular weight is 328 g/mol. The molecule has 0 fully saturated rings. The number of carbonyl (C=O) groups excluding carboxylic acids is 1. The maximum Gasteiger partial charge on any atom is 0.234 e. The van der Waals surface area contributed by atoms with E-state index in [1.165, 1.54) is 23.9 Å². The molecule has 104 valence electrons. The molecule has 0 aliphatic heterocycles. The number of thioether (sulfide) groups is 1. The summed E-state index contributed by atoms with van der Waals surface area (Å²) in [5.41, 5.74) is 0.455. The lowest BCUT2D eigenvalue weighted by Crippen LogP contribution is -2.13. The van der Waals surface area contributed by atoms with E-state index in [2.05, 4.69) is 5.32 Å². The summed E-state index contributed by atoms with van der Waals surface area (Å²) in [7, 11) is 0. The van der Waals surface area contributed by atoms with Crippen LogP contribution in [0.1, 0.15) is 0 Å². The van der Waals surface area contributed by atoms with Gasteiger partial charge in [0.2, 0.25) is 5.91 Å². The Bertz CT molecular complexity index is 597. The number of nitrogens with one attached hydrogen (secondary N) is 1. The molecule has 0 spiro atoms. The highest BCUT2D eigenvalue weighted by atomic mass is 35.5. The van der Waals surface area contributed by atoms with Gasteiger partial charge in [0.25, 0.3) is 0 Å². The van der Waals surface area contributed by atoms with Gasteiger partial charge >= 0.3 is 0 Å². The quantitative estimate of drug-likeness (QED) is 0.645. The van der Waals surface area contributed by atoms with Gasteiger partial charge in [0.05, 0.1) is 15.8 Å². The summed E-state index contributed by atoms with van der Waals surface area (Å²) in [6.07, 6.45) is 0. The lowest BCUT2D eigenvalue weighted by Gasteiger charge is -2.07. The van der Waals surface area contributed by atoms with Gasteiger partial charge in [-0.3, -0.25) is 4.79 Å². The molecule has 0 saturated carbocycles. The zero-order valence-corrected chi connectivity index (χ0v) is 12.6. The maximum atomic E-state index is 11.8. The van der Waals surface area contributed by atoms with Gasteiger partial charge in [0, 0.05) is 10.6 Å². The molecule has 0 aromatic heterocycles. The highest BCUT2D eigenvalue weighted by Gasteiger charge is 2.09. The van der Waals surface area contributed by atoms with Crippen molar-refractivity contribution in [3.05, 3.63) is 52.5 Å². The molecule has 0 atom stereocenters. The zero-order chi connectivity index (χ0) is 14.5. The summed E-state index contributed by atoms with van der Waals surface area (Å²) in [6, 6.07) is 12.5. The van der Waals surface area contributed by atoms with Crippen LogP contribution in [0.4, 0.5) is 5.69 Å². The number of amides is 1. The predicted octanol–water partition coefficient (Wildman–Crippen LogP) is 4.43. The lowest BCUT2D eigenvalue weighted by atomic mass is 10.3. The molecule has 2 N–H and O–H groups in total. The normalized spacial score (nSPS) is 10.3. The van der Waals surface area contributed by atoms with Gasteiger partial charge in [-0.1, -0.05) is 41.4 Å². The molecule has 0 radical (unpaired) electrons. The third-order valence-corrected chi connectivity index (χ3v) is 4.00. The van der Waals surface area contributed by atoms with E-state index in [1.54, 1.807) is 0 Å². The van der Waals surface area contributed by atoms with E-state index in [0.29, 0.717) is 5.69 Å². The van der Waals surface area contributed by atoms with E-state index in [-0.39, 0.29) is 27.5 Å². The van der Waals surface area contributed by atoms with Crippen LogP contribution in [0, 0.1) is 0 Å². The number of hydrogen-bond donors (Lipinski definition) is 2. The minimum absolute atomic E-state index is 0.100. The van der Waals surface area contributed by atoms with Crippen LogP contribution in [0.5, 0.6) is 5.75 Å². The maximum absolute atomic E-state index is 11.8. The smallest absolute Gasteiger partial charge is 0.234 e. The van der Waals surface area contributed by atoms with Gasteiger partial charge in [0.15, 0.2) is 5.75 Å². The molecule has 0 unspecified atom stereocenters. The van der Waals surface area contributed by atoms with Gasteiger partial charge in [-0.2, -0.15) is 0 Å². The van der Waals surface area contributed by atoms with E-state index in [9.17, 15) is 9.90 Å². The van der Waals surface area contributed by atoms with Gasteiger partial charge in [-0.25, -0.2) is 0 Å². The summed E-state index contributed by atoms with van der Waals surface area (Å²) < 4.78 is 0. The Hall–Kier alpha value is -1.36. The Morgan fingerprint density at radius 2 is 1.75 bits per heavy atom. The van der Waals surface area contributed by atoms with E-state index in [1.807, 2.05) is 30.3 Å². The topological polar surface area (TPSA) is 49.3 Å². The van der Waals surface area contributed by atoms with Crippen LogP contribution >= 0.6 is 35.0 Å². The molecular weight excluding hydrogens is 317 g/mol. The molecule has 0 aliphatic carbocycles. The summed E-state index contributed by atoms with van der Waals surface area (Å²) in [6.45, 7) is 0. The number of anilines is 1. The van der Waals surface area contributed by atoms with Crippen LogP contribution in [0.25, 0.3) is 0 Å². The van der Waals surface area contributed by atoms with Crippen LogP contribution < -0.4 is 5.32 Å². The van der Waals surface area contributed by atoms with Crippen molar-refractivity contribution in [3.8, 4) is 5.75 Å². The first-order valence-corrected chi connectivity index (χ1v) is 7.46. The van der Waals surface area contributed by atoms with Gasteiger partial charge in [0.1, 0.15) is 0 Å². The molecule has 2 aromatic rings. The summed E-state index contributed by atoms with van der Waals surface area (Å²) >= 11 is 13.0. The highest BCUT2D eigenvalue weighted by Crippen LogP contribution is 2.34. The van der Waals surface area contributed by atoms with E-state index in [0.717, 1.165) is 4.90 Å². The number of phenolic OH excluding ortho intramolecular Hbond substituents is 1. The Morgan fingerprint density at radius 3 is 2.35 bits per heavy atom. The van der Waals surface area contributed by atoms with Crippen LogP contribution in [-0.4, -0.2) is 16.8 Å². The first-order valence-electron chi connectivity index (χ1n) is 5.72. The van der Waals surface area contributed by atoms with Gasteiger partial charge in [-0.15, -0.1) is 11.8 Å². The number of carbonyl (C=O) groups is 1. The lowest BCUT2D eigenvalue weighted by molar-refractivity contribution is -0.113. The van der Waals surface area contributed by atoms with E-state index < -0.39 is 0 Å². The minimum Gasteiger partial charge on any atom is -0.505 e. The monoisotopic (exact) mass is 327 g/mol. The van der Waals surface area contributed by atoms with Crippen molar-refractivity contribution in [2.45, 2.75) is 4.90 Å². The molecule has 0 heterocycles. The second kappa shape index (κ2) is 6.88. The SMILES string of the molecule is O=C(CSc1ccccc1)Nc1cc(Cl)c(O)c(Cl)c1. The number of halogens is 2. The average Bonchev–Trinajstić information content (AvgIpc) is 2.43. The van der Waals surface area contributed by atoms with Crippen molar-refractivity contribution in [1.29, 1.82) is 0 Å². The molecular formula is C14H11Cl2NO2S. The van der Waals surface area contributed by atoms with Crippen molar-refractivity contribution in [1.82, 2.24) is 0 Å². The van der Waals surface area contributed by atoms with Crippen LogP contribution in [0.2, 0.25) is 10.0 Å². The Kier molecular flexibility index (Phi) is 5.17. The fourth-order valence-electron chi connectivity index (χ4n) is 1.50. The zero-order valence-electron chi connectivity index (χ0n) is 10.3. The van der Waals surface area contributed by atoms with Crippen LogP contribution in [-0.2, 0) is 4.79 Å². The summed E-state index contributed by atoms with van der Waals surface area (Å²) in [4.78, 5) is 12.8. The van der Waals surface area contributed by atoms with Crippen LogP contribution in [0.15, 0.2) is 47.4 Å². The number of phenols is 1. The Morgan fingerprint density at radius 1 is 1.15 bits per heavy atom. The summed E-state index contributed by atoms with van der Waals surface area (Å²) in [5, 5.41) is 12.3. The molecule has 0 aliphatic rings. The Balaban J connectivity index is 1.95. The van der Waals surface area contributed by atoms with Crippen molar-refractivity contribution in [2.75, 3.05) is 11.1 Å². The second-order valence-corrected chi connectivity index (χ2v) is 5.80.